The predicted molar refractivity (Wildman–Crippen MR) is 47.5 cm³/mol. The molecule has 11 heavy (non-hydrogen) atoms. The van der Waals surface area contributed by atoms with Crippen molar-refractivity contribution < 1.29 is 9.47 Å². The Labute approximate surface area is 69.7 Å². The van der Waals surface area contributed by atoms with Crippen molar-refractivity contribution in [3.8, 4) is 0 Å². The number of ether oxygens (including phenoxy) is 2. The van der Waals surface area contributed by atoms with Gasteiger partial charge >= 0.3 is 0 Å². The highest BCUT2D eigenvalue weighted by Crippen LogP contribution is 2.23. The molecule has 0 saturated carbocycles. The number of hydrogen-bond donors (Lipinski definition) is 0. The lowest BCUT2D eigenvalue weighted by Crippen LogP contribution is -2.22. The molecule has 0 amide bonds. The average molecular weight is 156 g/mol. The predicted octanol–water partition coefficient (Wildman–Crippen LogP) is 0.550. The summed E-state index contributed by atoms with van der Waals surface area (Å²) in [6.45, 7) is 2.18. The molecule has 1 heterocycles. The van der Waals surface area contributed by atoms with Crippen molar-refractivity contribution in [3.63, 3.8) is 0 Å². The van der Waals surface area contributed by atoms with E-state index in [1.54, 1.807) is 7.11 Å². The molecule has 1 saturated heterocycles. The van der Waals surface area contributed by atoms with E-state index in [1.807, 2.05) is 0 Å². The van der Waals surface area contributed by atoms with Crippen LogP contribution in [0.1, 0.15) is 26.2 Å². The Kier molecular flexibility index (Phi) is 3.40. The van der Waals surface area contributed by atoms with Gasteiger partial charge in [-0.1, -0.05) is 13.3 Å². The van der Waals surface area contributed by atoms with Gasteiger partial charge in [0.15, 0.2) is 0 Å². The van der Waals surface area contributed by atoms with Gasteiger partial charge in [-0.15, -0.1) is 0 Å². The third kappa shape index (κ3) is 2.21. The smallest absolute Gasteiger partial charge is 0.139 e. The maximum atomic E-state index is 5.68. The van der Waals surface area contributed by atoms with Gasteiger partial charge in [0, 0.05) is 13.1 Å². The second-order valence-electron chi connectivity index (χ2n) is 3.28. The highest BCUT2D eigenvalue weighted by atomic mass is 16.6. The van der Waals surface area contributed by atoms with Gasteiger partial charge in [-0.05, 0) is 12.8 Å². The molecular weight excluding hydrogens is 139 g/mol. The molecule has 1 fully saturated rings. The Morgan fingerprint density at radius 3 is 2.91 bits per heavy atom. The molecule has 2 nitrogen and oxygen atoms in total. The molecule has 64 valence electrons. The maximum Gasteiger partial charge on any atom is 0.139 e. The van der Waals surface area contributed by atoms with Gasteiger partial charge in [0.1, 0.15) is 7.85 Å². The molecule has 1 rings (SSSR count). The van der Waals surface area contributed by atoms with E-state index < -0.39 is 0 Å². The quantitative estimate of drug-likeness (QED) is 0.555. The molecule has 0 aromatic carbocycles. The third-order valence-electron chi connectivity index (χ3n) is 2.26. The first-order valence-electron chi connectivity index (χ1n) is 4.46. The number of rotatable bonds is 3. The lowest BCUT2D eigenvalue weighted by Gasteiger charge is -2.15. The van der Waals surface area contributed by atoms with E-state index in [1.165, 1.54) is 6.42 Å². The van der Waals surface area contributed by atoms with Crippen molar-refractivity contribution in [1.29, 1.82) is 0 Å². The Balaban J connectivity index is 2.37. The van der Waals surface area contributed by atoms with Crippen LogP contribution in [0, 0.1) is 0 Å². The molecular formula is C8H17BO2. The zero-order valence-electron chi connectivity index (χ0n) is 7.67. The van der Waals surface area contributed by atoms with Crippen LogP contribution in [0.5, 0.6) is 0 Å². The van der Waals surface area contributed by atoms with Crippen molar-refractivity contribution in [3.05, 3.63) is 0 Å². The van der Waals surface area contributed by atoms with Crippen LogP contribution in [0.25, 0.3) is 0 Å². The Morgan fingerprint density at radius 1 is 1.64 bits per heavy atom. The summed E-state index contributed by atoms with van der Waals surface area (Å²) in [5, 5.41) is 0. The van der Waals surface area contributed by atoms with Crippen LogP contribution < -0.4 is 0 Å². The first-order valence-corrected chi connectivity index (χ1v) is 4.46. The summed E-state index contributed by atoms with van der Waals surface area (Å²) in [5.41, 5.74) is 0. The monoisotopic (exact) mass is 156 g/mol. The summed E-state index contributed by atoms with van der Waals surface area (Å²) in [5.74, 6) is 0. The summed E-state index contributed by atoms with van der Waals surface area (Å²) < 4.78 is 11.0. The molecule has 0 aromatic rings. The number of hydrogen-bond acceptors (Lipinski definition) is 2. The van der Waals surface area contributed by atoms with Crippen molar-refractivity contribution in [2.24, 2.45) is 0 Å². The Hall–Kier alpha value is -0.0151. The van der Waals surface area contributed by atoms with Crippen LogP contribution >= 0.6 is 0 Å². The average Bonchev–Trinajstić information content (AvgIpc) is 2.32. The van der Waals surface area contributed by atoms with E-state index in [9.17, 15) is 0 Å². The molecule has 3 atom stereocenters. The fourth-order valence-electron chi connectivity index (χ4n) is 1.71. The summed E-state index contributed by atoms with van der Waals surface area (Å²) in [6, 6.07) is 0.386. The Morgan fingerprint density at radius 2 is 2.36 bits per heavy atom. The molecule has 0 bridgehead atoms. The van der Waals surface area contributed by atoms with Gasteiger partial charge in [-0.25, -0.2) is 0 Å². The lowest BCUT2D eigenvalue weighted by molar-refractivity contribution is 0.00519. The lowest BCUT2D eigenvalue weighted by atomic mass is 9.95. The van der Waals surface area contributed by atoms with E-state index in [4.69, 9.17) is 9.47 Å². The Bertz CT molecular complexity index is 119. The first kappa shape index (κ1) is 9.08. The van der Waals surface area contributed by atoms with Crippen LogP contribution in [0.3, 0.4) is 0 Å². The largest absolute Gasteiger partial charge is 0.381 e. The van der Waals surface area contributed by atoms with Crippen molar-refractivity contribution in [2.45, 2.75) is 44.4 Å². The summed E-state index contributed by atoms with van der Waals surface area (Å²) in [7, 11) is 3.89. The van der Waals surface area contributed by atoms with E-state index >= 15 is 0 Å². The zero-order chi connectivity index (χ0) is 8.27. The molecule has 0 aromatic heterocycles. The molecule has 0 radical (unpaired) electrons. The minimum atomic E-state index is 0.338. The normalized spacial score (nSPS) is 37.8. The molecule has 0 aliphatic carbocycles. The summed E-state index contributed by atoms with van der Waals surface area (Å²) in [6.07, 6.45) is 4.05. The van der Waals surface area contributed by atoms with E-state index in [0.29, 0.717) is 18.2 Å². The second-order valence-corrected chi connectivity index (χ2v) is 3.28. The summed E-state index contributed by atoms with van der Waals surface area (Å²) in [4.78, 5) is 0. The minimum absolute atomic E-state index is 0.338. The van der Waals surface area contributed by atoms with Crippen LogP contribution in [0.15, 0.2) is 0 Å². The molecule has 1 aliphatic rings. The van der Waals surface area contributed by atoms with Gasteiger partial charge in [-0.3, -0.25) is 0 Å². The fraction of sp³-hybridized carbons (Fsp3) is 1.00. The SMILES string of the molecule is BC1CC(OC)C(CCC)O1. The standard InChI is InChI=1S/C8H17BO2/c1-3-4-6-7(10-2)5-8(9)11-6/h6-8H,3-5,9H2,1-2H3. The van der Waals surface area contributed by atoms with Crippen LogP contribution in [0.4, 0.5) is 0 Å². The molecule has 0 spiro atoms. The second kappa shape index (κ2) is 4.12. The number of methoxy groups -OCH3 is 1. The molecule has 3 unspecified atom stereocenters. The van der Waals surface area contributed by atoms with Gasteiger partial charge in [-0.2, -0.15) is 0 Å². The molecule has 0 N–H and O–H groups in total. The highest BCUT2D eigenvalue weighted by molar-refractivity contribution is 6.11. The first-order chi connectivity index (χ1) is 5.27. The third-order valence-corrected chi connectivity index (χ3v) is 2.26. The fourth-order valence-corrected chi connectivity index (χ4v) is 1.71. The van der Waals surface area contributed by atoms with Gasteiger partial charge in [0.2, 0.25) is 0 Å². The van der Waals surface area contributed by atoms with Crippen molar-refractivity contribution in [2.75, 3.05) is 7.11 Å². The molecule has 1 aliphatic heterocycles. The van der Waals surface area contributed by atoms with Crippen LogP contribution in [-0.4, -0.2) is 33.2 Å². The van der Waals surface area contributed by atoms with Gasteiger partial charge in [0.25, 0.3) is 0 Å². The zero-order valence-corrected chi connectivity index (χ0v) is 7.67. The highest BCUT2D eigenvalue weighted by Gasteiger charge is 2.31. The summed E-state index contributed by atoms with van der Waals surface area (Å²) >= 11 is 0. The van der Waals surface area contributed by atoms with E-state index in [0.717, 1.165) is 12.8 Å². The maximum absolute atomic E-state index is 5.68. The molecule has 3 heteroatoms. The van der Waals surface area contributed by atoms with Crippen LogP contribution in [-0.2, 0) is 9.47 Å². The minimum Gasteiger partial charge on any atom is -0.381 e. The van der Waals surface area contributed by atoms with Crippen LogP contribution in [0.2, 0.25) is 0 Å². The van der Waals surface area contributed by atoms with E-state index in [2.05, 4.69) is 14.8 Å². The topological polar surface area (TPSA) is 18.5 Å². The van der Waals surface area contributed by atoms with Crippen molar-refractivity contribution >= 4 is 7.85 Å². The van der Waals surface area contributed by atoms with Gasteiger partial charge in [0.05, 0.1) is 12.2 Å². The van der Waals surface area contributed by atoms with Gasteiger partial charge < -0.3 is 9.47 Å². The van der Waals surface area contributed by atoms with Crippen molar-refractivity contribution in [1.82, 2.24) is 0 Å². The van der Waals surface area contributed by atoms with E-state index in [-0.39, 0.29) is 0 Å².